The van der Waals surface area contributed by atoms with Gasteiger partial charge in [-0.2, -0.15) is 0 Å². The van der Waals surface area contributed by atoms with Gasteiger partial charge in [0, 0.05) is 6.08 Å². The van der Waals surface area contributed by atoms with Crippen molar-refractivity contribution in [2.45, 2.75) is 12.5 Å². The van der Waals surface area contributed by atoms with Crippen molar-refractivity contribution in [1.82, 2.24) is 5.32 Å². The molecule has 0 aliphatic rings. The fourth-order valence-corrected chi connectivity index (χ4v) is 1.41. The van der Waals surface area contributed by atoms with E-state index in [9.17, 15) is 19.5 Å². The van der Waals surface area contributed by atoms with Gasteiger partial charge in [0.1, 0.15) is 6.04 Å². The summed E-state index contributed by atoms with van der Waals surface area (Å²) in [5.41, 5.74) is 0.394. The van der Waals surface area contributed by atoms with E-state index >= 15 is 0 Å². The van der Waals surface area contributed by atoms with Crippen LogP contribution in [-0.4, -0.2) is 44.3 Å². The number of amides is 1. The first kappa shape index (κ1) is 16.0. The summed E-state index contributed by atoms with van der Waals surface area (Å²) in [6.07, 6.45) is 1.52. The van der Waals surface area contributed by atoms with Crippen molar-refractivity contribution in [3.8, 4) is 11.5 Å². The van der Waals surface area contributed by atoms with Gasteiger partial charge < -0.3 is 25.7 Å². The lowest BCUT2D eigenvalue weighted by Gasteiger charge is -2.10. The molecule has 5 N–H and O–H groups in total. The Balaban J connectivity index is 2.70. The first-order valence-corrected chi connectivity index (χ1v) is 5.74. The molecule has 8 nitrogen and oxygen atoms in total. The average Bonchev–Trinajstić information content (AvgIpc) is 2.38. The normalized spacial score (nSPS) is 12.0. The molecule has 21 heavy (non-hydrogen) atoms. The maximum Gasteiger partial charge on any atom is 0.326 e. The van der Waals surface area contributed by atoms with Gasteiger partial charge in [-0.15, -0.1) is 0 Å². The molecule has 8 heteroatoms. The Kier molecular flexibility index (Phi) is 5.30. The fourth-order valence-electron chi connectivity index (χ4n) is 1.41. The van der Waals surface area contributed by atoms with Crippen LogP contribution in [0.15, 0.2) is 24.3 Å². The summed E-state index contributed by atoms with van der Waals surface area (Å²) in [7, 11) is 0. The standard InChI is InChI=1S/C13H13NO7/c15-9-3-1-7(5-10(9)16)2-4-11(17)14-8(13(20)21)6-12(18)19/h1-5,8,15-16H,6H2,(H,14,17)(H,18,19)(H,20,21)/b4-2-/t8-/m0/s1. The molecule has 0 spiro atoms. The topological polar surface area (TPSA) is 144 Å². The summed E-state index contributed by atoms with van der Waals surface area (Å²) >= 11 is 0. The number of hydrogen-bond donors (Lipinski definition) is 5. The maximum atomic E-state index is 11.5. The lowest BCUT2D eigenvalue weighted by Crippen LogP contribution is -2.41. The Morgan fingerprint density at radius 3 is 2.33 bits per heavy atom. The van der Waals surface area contributed by atoms with Crippen LogP contribution in [-0.2, 0) is 14.4 Å². The molecule has 0 aliphatic carbocycles. The number of nitrogens with one attached hydrogen (secondary N) is 1. The third-order valence-electron chi connectivity index (χ3n) is 2.42. The van der Waals surface area contributed by atoms with Gasteiger partial charge in [0.05, 0.1) is 6.42 Å². The van der Waals surface area contributed by atoms with Crippen LogP contribution in [0.1, 0.15) is 12.0 Å². The van der Waals surface area contributed by atoms with Crippen molar-refractivity contribution >= 4 is 23.9 Å². The second kappa shape index (κ2) is 6.94. The highest BCUT2D eigenvalue weighted by atomic mass is 16.4. The first-order valence-electron chi connectivity index (χ1n) is 5.74. The van der Waals surface area contributed by atoms with Gasteiger partial charge in [0.2, 0.25) is 5.91 Å². The summed E-state index contributed by atoms with van der Waals surface area (Å²) in [6, 6.07) is 2.31. The van der Waals surface area contributed by atoms with E-state index < -0.39 is 30.3 Å². The molecule has 1 atom stereocenters. The van der Waals surface area contributed by atoms with Crippen LogP contribution in [0.25, 0.3) is 6.08 Å². The van der Waals surface area contributed by atoms with Crippen molar-refractivity contribution in [3.63, 3.8) is 0 Å². The highest BCUT2D eigenvalue weighted by molar-refractivity contribution is 5.95. The molecule has 0 fully saturated rings. The maximum absolute atomic E-state index is 11.5. The van der Waals surface area contributed by atoms with Crippen molar-refractivity contribution in [2.75, 3.05) is 0 Å². The zero-order valence-corrected chi connectivity index (χ0v) is 10.7. The van der Waals surface area contributed by atoms with Crippen LogP contribution in [0.3, 0.4) is 0 Å². The average molecular weight is 295 g/mol. The Labute approximate surface area is 119 Å². The highest BCUT2D eigenvalue weighted by Crippen LogP contribution is 2.25. The lowest BCUT2D eigenvalue weighted by atomic mass is 10.1. The largest absolute Gasteiger partial charge is 0.504 e. The number of carbonyl (C=O) groups is 3. The molecule has 0 saturated heterocycles. The number of phenols is 2. The summed E-state index contributed by atoms with van der Waals surface area (Å²) in [4.78, 5) is 32.7. The number of aliphatic carboxylic acids is 2. The third-order valence-corrected chi connectivity index (χ3v) is 2.42. The molecular weight excluding hydrogens is 282 g/mol. The van der Waals surface area contributed by atoms with E-state index in [1.54, 1.807) is 0 Å². The van der Waals surface area contributed by atoms with Gasteiger partial charge in [-0.3, -0.25) is 9.59 Å². The van der Waals surface area contributed by atoms with Gasteiger partial charge in [-0.05, 0) is 23.8 Å². The van der Waals surface area contributed by atoms with E-state index in [0.29, 0.717) is 5.56 Å². The number of carboxylic acid groups (broad SMARTS) is 2. The highest BCUT2D eigenvalue weighted by Gasteiger charge is 2.21. The molecular formula is C13H13NO7. The third kappa shape index (κ3) is 5.23. The molecule has 1 aromatic rings. The lowest BCUT2D eigenvalue weighted by molar-refractivity contribution is -0.146. The SMILES string of the molecule is O=C(O)C[C@H](NC(=O)/C=C\c1ccc(O)c(O)c1)C(=O)O. The predicted molar refractivity (Wildman–Crippen MR) is 70.6 cm³/mol. The van der Waals surface area contributed by atoms with Gasteiger partial charge in [-0.25, -0.2) is 4.79 Å². The molecule has 0 heterocycles. The Morgan fingerprint density at radius 1 is 1.14 bits per heavy atom. The van der Waals surface area contributed by atoms with Gasteiger partial charge in [-0.1, -0.05) is 6.07 Å². The minimum absolute atomic E-state index is 0.316. The second-order valence-electron chi connectivity index (χ2n) is 4.08. The Bertz CT molecular complexity index is 594. The number of hydrogen-bond acceptors (Lipinski definition) is 5. The van der Waals surface area contributed by atoms with Gasteiger partial charge in [0.25, 0.3) is 0 Å². The van der Waals surface area contributed by atoms with Gasteiger partial charge in [0.15, 0.2) is 11.5 Å². The van der Waals surface area contributed by atoms with Crippen LogP contribution >= 0.6 is 0 Å². The molecule has 112 valence electrons. The summed E-state index contributed by atoms with van der Waals surface area (Å²) < 4.78 is 0. The predicted octanol–water partition coefficient (Wildman–Crippen LogP) is 0.155. The number of aromatic hydroxyl groups is 2. The second-order valence-corrected chi connectivity index (χ2v) is 4.08. The van der Waals surface area contributed by atoms with Crippen LogP contribution < -0.4 is 5.32 Å². The smallest absolute Gasteiger partial charge is 0.326 e. The molecule has 1 amide bonds. The van der Waals surface area contributed by atoms with Crippen LogP contribution in [0.4, 0.5) is 0 Å². The fraction of sp³-hybridized carbons (Fsp3) is 0.154. The molecule has 0 aromatic heterocycles. The number of phenolic OH excluding ortho intramolecular Hbond substituents is 2. The van der Waals surface area contributed by atoms with E-state index in [1.807, 2.05) is 5.32 Å². The minimum atomic E-state index is -1.53. The monoisotopic (exact) mass is 295 g/mol. The zero-order valence-electron chi connectivity index (χ0n) is 10.7. The molecule has 0 bridgehead atoms. The van der Waals surface area contributed by atoms with E-state index in [2.05, 4.69) is 0 Å². The quantitative estimate of drug-likeness (QED) is 0.371. The number of carboxylic acids is 2. The van der Waals surface area contributed by atoms with Crippen molar-refractivity contribution in [1.29, 1.82) is 0 Å². The molecule has 1 rings (SSSR count). The molecule has 0 aliphatic heterocycles. The summed E-state index contributed by atoms with van der Waals surface area (Å²) in [5, 5.41) is 37.7. The Morgan fingerprint density at radius 2 is 1.81 bits per heavy atom. The van der Waals surface area contributed by atoms with Crippen LogP contribution in [0.5, 0.6) is 11.5 Å². The van der Waals surface area contributed by atoms with Gasteiger partial charge >= 0.3 is 11.9 Å². The van der Waals surface area contributed by atoms with E-state index in [-0.39, 0.29) is 11.5 Å². The first-order chi connectivity index (χ1) is 9.79. The van der Waals surface area contributed by atoms with Crippen LogP contribution in [0, 0.1) is 0 Å². The molecule has 1 aromatic carbocycles. The van der Waals surface area contributed by atoms with Crippen molar-refractivity contribution in [3.05, 3.63) is 29.8 Å². The van der Waals surface area contributed by atoms with E-state index in [0.717, 1.165) is 6.08 Å². The summed E-state index contributed by atoms with van der Waals surface area (Å²) in [6.45, 7) is 0. The number of rotatable bonds is 6. The van der Waals surface area contributed by atoms with Crippen molar-refractivity contribution in [2.24, 2.45) is 0 Å². The van der Waals surface area contributed by atoms with Crippen LogP contribution in [0.2, 0.25) is 0 Å². The molecule has 0 unspecified atom stereocenters. The van der Waals surface area contributed by atoms with E-state index in [1.165, 1.54) is 24.3 Å². The molecule has 0 radical (unpaired) electrons. The van der Waals surface area contributed by atoms with Crippen molar-refractivity contribution < 1.29 is 34.8 Å². The number of benzene rings is 1. The molecule has 0 saturated carbocycles. The Hall–Kier alpha value is -3.03. The van der Waals surface area contributed by atoms with E-state index in [4.69, 9.17) is 15.3 Å². The summed E-state index contributed by atoms with van der Waals surface area (Å²) in [5.74, 6) is -4.29. The number of carbonyl (C=O) groups excluding carboxylic acids is 1. The zero-order chi connectivity index (χ0) is 16.0. The minimum Gasteiger partial charge on any atom is -0.504 e.